The van der Waals surface area contributed by atoms with Gasteiger partial charge in [0.2, 0.25) is 0 Å². The topological polar surface area (TPSA) is 44.5 Å². The van der Waals surface area contributed by atoms with Crippen molar-refractivity contribution in [2.45, 2.75) is 32.1 Å². The van der Waals surface area contributed by atoms with Gasteiger partial charge in [0.1, 0.15) is 13.2 Å². The number of hydrogen-bond acceptors (Lipinski definition) is 3. The van der Waals surface area contributed by atoms with Gasteiger partial charge in [0.15, 0.2) is 11.5 Å². The number of hydrogen-bond donors (Lipinski definition) is 1. The standard InChI is InChI=1S/C14H19F2NO2/c1-9(3-4-17)10-7-12-13(19-6-5-18-12)8-11(10)14(2,15)16/h7-9H,3-6,17H2,1-2H3. The summed E-state index contributed by atoms with van der Waals surface area (Å²) in [5.74, 6) is -2.01. The maximum atomic E-state index is 13.8. The van der Waals surface area contributed by atoms with E-state index < -0.39 is 5.92 Å². The van der Waals surface area contributed by atoms with Gasteiger partial charge in [-0.15, -0.1) is 0 Å². The Morgan fingerprint density at radius 1 is 1.26 bits per heavy atom. The largest absolute Gasteiger partial charge is 0.486 e. The first-order chi connectivity index (χ1) is 8.93. The van der Waals surface area contributed by atoms with Crippen molar-refractivity contribution in [1.82, 2.24) is 0 Å². The first kappa shape index (κ1) is 14.1. The lowest BCUT2D eigenvalue weighted by molar-refractivity contribution is 0.0156. The van der Waals surface area contributed by atoms with Crippen molar-refractivity contribution in [3.8, 4) is 11.5 Å². The van der Waals surface area contributed by atoms with Crippen LogP contribution in [-0.4, -0.2) is 19.8 Å². The third kappa shape index (κ3) is 2.97. The van der Waals surface area contributed by atoms with Crippen LogP contribution in [-0.2, 0) is 5.92 Å². The Hall–Kier alpha value is -1.36. The third-order valence-electron chi connectivity index (χ3n) is 3.32. The molecule has 2 rings (SSSR count). The van der Waals surface area contributed by atoms with Gasteiger partial charge >= 0.3 is 0 Å². The maximum Gasteiger partial charge on any atom is 0.270 e. The predicted molar refractivity (Wildman–Crippen MR) is 69.1 cm³/mol. The molecule has 1 aliphatic rings. The summed E-state index contributed by atoms with van der Waals surface area (Å²) in [6.45, 7) is 4.09. The highest BCUT2D eigenvalue weighted by atomic mass is 19.3. The zero-order valence-electron chi connectivity index (χ0n) is 11.2. The van der Waals surface area contributed by atoms with E-state index >= 15 is 0 Å². The van der Waals surface area contributed by atoms with Gasteiger partial charge in [-0.2, -0.15) is 0 Å². The van der Waals surface area contributed by atoms with Crippen LogP contribution in [0.25, 0.3) is 0 Å². The Morgan fingerprint density at radius 2 is 1.84 bits per heavy atom. The molecule has 0 spiro atoms. The molecule has 2 N–H and O–H groups in total. The number of alkyl halides is 2. The summed E-state index contributed by atoms with van der Waals surface area (Å²) >= 11 is 0. The maximum absolute atomic E-state index is 13.8. The van der Waals surface area contributed by atoms with E-state index in [1.165, 1.54) is 6.07 Å². The zero-order valence-corrected chi connectivity index (χ0v) is 11.2. The van der Waals surface area contributed by atoms with Crippen LogP contribution in [0.2, 0.25) is 0 Å². The van der Waals surface area contributed by atoms with Crippen molar-refractivity contribution in [3.05, 3.63) is 23.3 Å². The Labute approximate surface area is 111 Å². The molecule has 0 amide bonds. The van der Waals surface area contributed by atoms with Gasteiger partial charge in [0.05, 0.1) is 0 Å². The summed E-state index contributed by atoms with van der Waals surface area (Å²) in [5, 5.41) is 0. The minimum Gasteiger partial charge on any atom is -0.486 e. The van der Waals surface area contributed by atoms with E-state index in [9.17, 15) is 8.78 Å². The van der Waals surface area contributed by atoms with Crippen LogP contribution >= 0.6 is 0 Å². The molecule has 106 valence electrons. The number of nitrogens with two attached hydrogens (primary N) is 1. The highest BCUT2D eigenvalue weighted by molar-refractivity contribution is 5.50. The first-order valence-corrected chi connectivity index (χ1v) is 6.45. The molecule has 1 atom stereocenters. The molecule has 19 heavy (non-hydrogen) atoms. The van der Waals surface area contributed by atoms with Crippen LogP contribution in [0.1, 0.15) is 37.3 Å². The number of ether oxygens (including phenoxy) is 2. The highest BCUT2D eigenvalue weighted by Crippen LogP contribution is 2.42. The fourth-order valence-corrected chi connectivity index (χ4v) is 2.30. The second kappa shape index (κ2) is 5.33. The Bertz CT molecular complexity index is 457. The van der Waals surface area contributed by atoms with Crippen molar-refractivity contribution in [1.29, 1.82) is 0 Å². The Morgan fingerprint density at radius 3 is 2.37 bits per heavy atom. The molecular weight excluding hydrogens is 252 g/mol. The lowest BCUT2D eigenvalue weighted by Crippen LogP contribution is -2.19. The number of fused-ring (bicyclic) bond motifs is 1. The molecule has 1 unspecified atom stereocenters. The lowest BCUT2D eigenvalue weighted by Gasteiger charge is -2.25. The van der Waals surface area contributed by atoms with E-state index in [-0.39, 0.29) is 11.5 Å². The normalized spacial score (nSPS) is 16.3. The second-order valence-corrected chi connectivity index (χ2v) is 4.95. The molecule has 0 aliphatic carbocycles. The Kier molecular flexibility index (Phi) is 3.94. The van der Waals surface area contributed by atoms with Crippen molar-refractivity contribution in [2.75, 3.05) is 19.8 Å². The molecule has 1 heterocycles. The number of benzene rings is 1. The van der Waals surface area contributed by atoms with Crippen molar-refractivity contribution >= 4 is 0 Å². The summed E-state index contributed by atoms with van der Waals surface area (Å²) in [4.78, 5) is 0. The van der Waals surface area contributed by atoms with Gasteiger partial charge in [-0.05, 0) is 36.6 Å². The molecule has 0 fully saturated rings. The molecule has 1 aliphatic heterocycles. The molecule has 3 nitrogen and oxygen atoms in total. The monoisotopic (exact) mass is 271 g/mol. The van der Waals surface area contributed by atoms with Gasteiger partial charge in [-0.3, -0.25) is 0 Å². The van der Waals surface area contributed by atoms with E-state index in [0.717, 1.165) is 6.92 Å². The molecule has 1 aromatic carbocycles. The van der Waals surface area contributed by atoms with Crippen molar-refractivity contribution in [2.24, 2.45) is 5.73 Å². The number of rotatable bonds is 4. The fraction of sp³-hybridized carbons (Fsp3) is 0.571. The molecule has 0 aromatic heterocycles. The van der Waals surface area contributed by atoms with E-state index in [2.05, 4.69) is 0 Å². The van der Waals surface area contributed by atoms with E-state index in [1.54, 1.807) is 6.07 Å². The quantitative estimate of drug-likeness (QED) is 0.915. The molecule has 0 saturated heterocycles. The van der Waals surface area contributed by atoms with Crippen LogP contribution in [0.5, 0.6) is 11.5 Å². The van der Waals surface area contributed by atoms with Crippen LogP contribution in [0.15, 0.2) is 12.1 Å². The van der Waals surface area contributed by atoms with Gasteiger partial charge < -0.3 is 15.2 Å². The van der Waals surface area contributed by atoms with Crippen LogP contribution in [0, 0.1) is 0 Å². The van der Waals surface area contributed by atoms with Crippen molar-refractivity contribution in [3.63, 3.8) is 0 Å². The summed E-state index contributed by atoms with van der Waals surface area (Å²) in [6, 6.07) is 3.07. The van der Waals surface area contributed by atoms with Crippen LogP contribution in [0.4, 0.5) is 8.78 Å². The van der Waals surface area contributed by atoms with Gasteiger partial charge in [0.25, 0.3) is 5.92 Å². The molecule has 5 heteroatoms. The number of halogens is 2. The second-order valence-electron chi connectivity index (χ2n) is 4.95. The molecule has 0 saturated carbocycles. The summed E-state index contributed by atoms with van der Waals surface area (Å²) in [6.07, 6.45) is 0.655. The zero-order chi connectivity index (χ0) is 14.0. The molecule has 0 radical (unpaired) electrons. The van der Waals surface area contributed by atoms with Gasteiger partial charge in [-0.1, -0.05) is 6.92 Å². The smallest absolute Gasteiger partial charge is 0.270 e. The van der Waals surface area contributed by atoms with Crippen LogP contribution < -0.4 is 15.2 Å². The first-order valence-electron chi connectivity index (χ1n) is 6.45. The summed E-state index contributed by atoms with van der Waals surface area (Å²) in [7, 11) is 0. The SMILES string of the molecule is CC(CCN)c1cc2c(cc1C(C)(F)F)OCCO2. The average Bonchev–Trinajstić information content (AvgIpc) is 2.36. The average molecular weight is 271 g/mol. The minimum absolute atomic E-state index is 0.00213. The van der Waals surface area contributed by atoms with Gasteiger partial charge in [0, 0.05) is 12.5 Å². The fourth-order valence-electron chi connectivity index (χ4n) is 2.30. The van der Waals surface area contributed by atoms with Gasteiger partial charge in [-0.25, -0.2) is 8.78 Å². The lowest BCUT2D eigenvalue weighted by atomic mass is 9.90. The molecule has 0 bridgehead atoms. The van der Waals surface area contributed by atoms with Crippen molar-refractivity contribution < 1.29 is 18.3 Å². The van der Waals surface area contributed by atoms with E-state index in [1.807, 2.05) is 6.92 Å². The van der Waals surface area contributed by atoms with E-state index in [0.29, 0.717) is 43.2 Å². The third-order valence-corrected chi connectivity index (χ3v) is 3.32. The predicted octanol–water partition coefficient (Wildman–Crippen LogP) is 3.02. The minimum atomic E-state index is -2.91. The Balaban J connectivity index is 2.49. The highest BCUT2D eigenvalue weighted by Gasteiger charge is 2.31. The summed E-state index contributed by atoms with van der Waals surface area (Å²) in [5.41, 5.74) is 6.10. The van der Waals surface area contributed by atoms with E-state index in [4.69, 9.17) is 15.2 Å². The molecular formula is C14H19F2NO2. The summed E-state index contributed by atoms with van der Waals surface area (Å²) < 4.78 is 38.3. The molecule has 1 aromatic rings. The van der Waals surface area contributed by atoms with Crippen LogP contribution in [0.3, 0.4) is 0 Å².